The van der Waals surface area contributed by atoms with Gasteiger partial charge < -0.3 is 9.72 Å². The molecule has 9 heteroatoms. The monoisotopic (exact) mass is 337 g/mol. The summed E-state index contributed by atoms with van der Waals surface area (Å²) in [4.78, 5) is 26.5. The molecule has 2 aromatic rings. The average molecular weight is 337 g/mol. The van der Waals surface area contributed by atoms with Crippen molar-refractivity contribution in [2.24, 2.45) is 0 Å². The second-order valence-electron chi connectivity index (χ2n) is 4.59. The summed E-state index contributed by atoms with van der Waals surface area (Å²) in [5.74, 6) is 0.547. The number of aromatic nitrogens is 2. The number of H-pyrrole nitrogens is 2. The van der Waals surface area contributed by atoms with Crippen LogP contribution in [-0.2, 0) is 10.0 Å². The molecule has 0 fully saturated rings. The molecule has 0 spiro atoms. The lowest BCUT2D eigenvalue weighted by Gasteiger charge is -2.10. The third-order valence-electron chi connectivity index (χ3n) is 2.82. The van der Waals surface area contributed by atoms with Crippen LogP contribution in [-0.4, -0.2) is 25.0 Å². The van der Waals surface area contributed by atoms with Crippen molar-refractivity contribution in [2.45, 2.75) is 11.8 Å². The molecule has 0 unspecified atom stereocenters. The molecule has 8 nitrogen and oxygen atoms in total. The van der Waals surface area contributed by atoms with Crippen LogP contribution < -0.4 is 20.7 Å². The number of aromatic amines is 2. The van der Waals surface area contributed by atoms with E-state index in [1.165, 1.54) is 19.1 Å². The third kappa shape index (κ3) is 3.89. The van der Waals surface area contributed by atoms with Gasteiger partial charge in [-0.3, -0.25) is 14.5 Å². The number of nitrogens with one attached hydrogen (secondary N) is 3. The second-order valence-corrected chi connectivity index (χ2v) is 6.21. The molecule has 0 saturated carbocycles. The summed E-state index contributed by atoms with van der Waals surface area (Å²) in [6.07, 6.45) is 1.59. The van der Waals surface area contributed by atoms with Crippen molar-refractivity contribution in [3.63, 3.8) is 0 Å². The Bertz CT molecular complexity index is 926. The maximum absolute atomic E-state index is 12.3. The number of aryl methyl sites for hydroxylation is 1. The van der Waals surface area contributed by atoms with Crippen LogP contribution >= 0.6 is 0 Å². The van der Waals surface area contributed by atoms with Gasteiger partial charge in [-0.2, -0.15) is 0 Å². The van der Waals surface area contributed by atoms with E-state index in [1.807, 2.05) is 4.98 Å². The first-order valence-electron chi connectivity index (χ1n) is 6.53. The molecule has 0 atom stereocenters. The highest BCUT2D eigenvalue weighted by molar-refractivity contribution is 7.92. The summed E-state index contributed by atoms with van der Waals surface area (Å²) in [5, 5.41) is 0. The predicted octanol–water partition coefficient (Wildman–Crippen LogP) is 0.737. The van der Waals surface area contributed by atoms with E-state index >= 15 is 0 Å². The minimum Gasteiger partial charge on any atom is -0.490 e. The first-order chi connectivity index (χ1) is 10.8. The van der Waals surface area contributed by atoms with Crippen LogP contribution in [0.1, 0.15) is 5.69 Å². The smallest absolute Gasteiger partial charge is 0.325 e. The topological polar surface area (TPSA) is 121 Å². The second kappa shape index (κ2) is 6.53. The van der Waals surface area contributed by atoms with E-state index in [1.54, 1.807) is 18.2 Å². The Morgan fingerprint density at radius 1 is 1.22 bits per heavy atom. The molecule has 0 saturated heterocycles. The van der Waals surface area contributed by atoms with Crippen LogP contribution in [0.25, 0.3) is 0 Å². The number of anilines is 1. The van der Waals surface area contributed by atoms with Gasteiger partial charge in [0.1, 0.15) is 12.4 Å². The van der Waals surface area contributed by atoms with Crippen LogP contribution in [0.5, 0.6) is 5.75 Å². The molecular formula is C14H15N3O5S. The van der Waals surface area contributed by atoms with Crippen molar-refractivity contribution in [3.8, 4) is 5.75 Å². The molecule has 0 aliphatic carbocycles. The molecule has 0 amide bonds. The van der Waals surface area contributed by atoms with Gasteiger partial charge in [0.2, 0.25) is 0 Å². The maximum Gasteiger partial charge on any atom is 0.325 e. The number of ether oxygens (including phenoxy) is 1. The van der Waals surface area contributed by atoms with Crippen LogP contribution in [0, 0.1) is 6.92 Å². The molecule has 0 aliphatic rings. The molecule has 2 rings (SSSR count). The standard InChI is InChI=1S/C14H15N3O5S/c1-3-8-22-11-6-4-10(5-7-11)17-23(20,21)12-9(2)15-14(19)16-13(12)18/h3-7,17H,1,8H2,2H3,(H2,15,16,18,19). The van der Waals surface area contributed by atoms with Gasteiger partial charge in [0.05, 0.1) is 0 Å². The van der Waals surface area contributed by atoms with E-state index in [0.717, 1.165) is 0 Å². The highest BCUT2D eigenvalue weighted by atomic mass is 32.2. The lowest BCUT2D eigenvalue weighted by Crippen LogP contribution is -2.31. The van der Waals surface area contributed by atoms with Crippen LogP contribution in [0.2, 0.25) is 0 Å². The van der Waals surface area contributed by atoms with E-state index in [4.69, 9.17) is 4.74 Å². The molecule has 0 bridgehead atoms. The minimum atomic E-state index is -4.14. The van der Waals surface area contributed by atoms with Crippen molar-refractivity contribution in [3.05, 3.63) is 63.5 Å². The summed E-state index contributed by atoms with van der Waals surface area (Å²) in [6, 6.07) is 6.13. The summed E-state index contributed by atoms with van der Waals surface area (Å²) >= 11 is 0. The molecule has 1 aromatic carbocycles. The summed E-state index contributed by atoms with van der Waals surface area (Å²) in [7, 11) is -4.14. The predicted molar refractivity (Wildman–Crippen MR) is 85.4 cm³/mol. The lowest BCUT2D eigenvalue weighted by molar-refractivity contribution is 0.363. The first-order valence-corrected chi connectivity index (χ1v) is 8.01. The minimum absolute atomic E-state index is 0.0443. The van der Waals surface area contributed by atoms with Crippen molar-refractivity contribution >= 4 is 15.7 Å². The van der Waals surface area contributed by atoms with Crippen LogP contribution in [0.3, 0.4) is 0 Å². The van der Waals surface area contributed by atoms with Crippen LogP contribution in [0.4, 0.5) is 5.69 Å². The van der Waals surface area contributed by atoms with Gasteiger partial charge in [-0.1, -0.05) is 12.7 Å². The average Bonchev–Trinajstić information content (AvgIpc) is 2.44. The summed E-state index contributed by atoms with van der Waals surface area (Å²) in [5.41, 5.74) is -1.54. The molecular weight excluding hydrogens is 322 g/mol. The van der Waals surface area contributed by atoms with Gasteiger partial charge in [-0.05, 0) is 31.2 Å². The number of hydrogen-bond acceptors (Lipinski definition) is 5. The van der Waals surface area contributed by atoms with Crippen LogP contribution in [0.15, 0.2) is 51.4 Å². The fourth-order valence-electron chi connectivity index (χ4n) is 1.89. The van der Waals surface area contributed by atoms with E-state index in [9.17, 15) is 18.0 Å². The molecule has 23 heavy (non-hydrogen) atoms. The SMILES string of the molecule is C=CCOc1ccc(NS(=O)(=O)c2c(C)[nH]c(=O)[nH]c2=O)cc1. The fraction of sp³-hybridized carbons (Fsp3) is 0.143. The molecule has 1 heterocycles. The Hall–Kier alpha value is -2.81. The van der Waals surface area contributed by atoms with Crippen molar-refractivity contribution in [1.82, 2.24) is 9.97 Å². The Labute approximate surface area is 131 Å². The largest absolute Gasteiger partial charge is 0.490 e. The molecule has 0 radical (unpaired) electrons. The number of sulfonamides is 1. The highest BCUT2D eigenvalue weighted by Gasteiger charge is 2.22. The number of hydrogen-bond donors (Lipinski definition) is 3. The van der Waals surface area contributed by atoms with Gasteiger partial charge in [0, 0.05) is 11.4 Å². The fourth-order valence-corrected chi connectivity index (χ4v) is 3.19. The van der Waals surface area contributed by atoms with E-state index in [2.05, 4.69) is 16.3 Å². The Balaban J connectivity index is 2.30. The highest BCUT2D eigenvalue weighted by Crippen LogP contribution is 2.18. The van der Waals surface area contributed by atoms with Gasteiger partial charge in [-0.15, -0.1) is 0 Å². The Kier molecular flexibility index (Phi) is 4.70. The Morgan fingerprint density at radius 2 is 1.87 bits per heavy atom. The van der Waals surface area contributed by atoms with Gasteiger partial charge in [-0.25, -0.2) is 13.2 Å². The molecule has 3 N–H and O–H groups in total. The van der Waals surface area contributed by atoms with Crippen molar-refractivity contribution in [2.75, 3.05) is 11.3 Å². The van der Waals surface area contributed by atoms with Crippen molar-refractivity contribution in [1.29, 1.82) is 0 Å². The van der Waals surface area contributed by atoms with E-state index < -0.39 is 26.2 Å². The van der Waals surface area contributed by atoms with Gasteiger partial charge in [0.15, 0.2) is 4.90 Å². The normalized spacial score (nSPS) is 11.0. The summed E-state index contributed by atoms with van der Waals surface area (Å²) in [6.45, 7) is 5.18. The number of rotatable bonds is 6. The zero-order valence-electron chi connectivity index (χ0n) is 12.3. The molecule has 1 aromatic heterocycles. The molecule has 122 valence electrons. The van der Waals surface area contributed by atoms with Gasteiger partial charge >= 0.3 is 5.69 Å². The van der Waals surface area contributed by atoms with E-state index in [0.29, 0.717) is 12.4 Å². The van der Waals surface area contributed by atoms with E-state index in [-0.39, 0.29) is 11.4 Å². The molecule has 0 aliphatic heterocycles. The van der Waals surface area contributed by atoms with Gasteiger partial charge in [0.25, 0.3) is 15.6 Å². The lowest BCUT2D eigenvalue weighted by atomic mass is 10.3. The quantitative estimate of drug-likeness (QED) is 0.671. The third-order valence-corrected chi connectivity index (χ3v) is 4.35. The van der Waals surface area contributed by atoms with Crippen molar-refractivity contribution < 1.29 is 13.2 Å². The Morgan fingerprint density at radius 3 is 2.43 bits per heavy atom. The summed E-state index contributed by atoms with van der Waals surface area (Å²) < 4.78 is 32.2. The first kappa shape index (κ1) is 16.6. The zero-order chi connectivity index (χ0) is 17.0. The number of benzene rings is 1. The zero-order valence-corrected chi connectivity index (χ0v) is 13.1. The maximum atomic E-state index is 12.3.